The smallest absolute Gasteiger partial charge is 0.345 e. The molecule has 0 saturated carbocycles. The molecule has 0 fully saturated rings. The third-order valence-electron chi connectivity index (χ3n) is 2.47. The average molecular weight is 305 g/mol. The molecule has 0 aromatic carbocycles. The van der Waals surface area contributed by atoms with Gasteiger partial charge in [-0.3, -0.25) is 0 Å². The Morgan fingerprint density at radius 3 is 2.32 bits per heavy atom. The molecule has 19 heavy (non-hydrogen) atoms. The largest absolute Gasteiger partial charge is 0.477 e. The van der Waals surface area contributed by atoms with Gasteiger partial charge < -0.3 is 5.11 Å². The zero-order valence-corrected chi connectivity index (χ0v) is 13.4. The minimum atomic E-state index is -3.64. The molecule has 0 bridgehead atoms. The molecule has 1 aromatic rings. The van der Waals surface area contributed by atoms with Crippen LogP contribution >= 0.6 is 11.3 Å². The molecule has 0 amide bonds. The van der Waals surface area contributed by atoms with Crippen LogP contribution in [0.1, 0.15) is 35.3 Å². The third kappa shape index (κ3) is 3.77. The van der Waals surface area contributed by atoms with E-state index >= 15 is 0 Å². The number of aryl methyl sites for hydroxylation is 1. The molecule has 108 valence electrons. The van der Waals surface area contributed by atoms with E-state index in [2.05, 4.69) is 0 Å². The van der Waals surface area contributed by atoms with Gasteiger partial charge in [-0.1, -0.05) is 20.8 Å². The van der Waals surface area contributed by atoms with Crippen LogP contribution in [0.5, 0.6) is 0 Å². The highest BCUT2D eigenvalue weighted by molar-refractivity contribution is 7.89. The van der Waals surface area contributed by atoms with Crippen LogP contribution in [-0.4, -0.2) is 37.4 Å². The van der Waals surface area contributed by atoms with Crippen LogP contribution in [0.3, 0.4) is 0 Å². The van der Waals surface area contributed by atoms with Gasteiger partial charge in [0, 0.05) is 18.5 Å². The molecule has 1 aromatic heterocycles. The van der Waals surface area contributed by atoms with Gasteiger partial charge in [-0.15, -0.1) is 11.3 Å². The van der Waals surface area contributed by atoms with Gasteiger partial charge in [-0.05, 0) is 18.4 Å². The van der Waals surface area contributed by atoms with E-state index in [-0.39, 0.29) is 15.2 Å². The van der Waals surface area contributed by atoms with Crippen molar-refractivity contribution in [3.63, 3.8) is 0 Å². The first-order chi connectivity index (χ1) is 8.45. The first-order valence-electron chi connectivity index (χ1n) is 5.75. The number of carbonyl (C=O) groups is 1. The fourth-order valence-corrected chi connectivity index (χ4v) is 4.54. The molecule has 0 aliphatic carbocycles. The second-order valence-electron chi connectivity index (χ2n) is 5.66. The molecule has 1 N–H and O–H groups in total. The monoisotopic (exact) mass is 305 g/mol. The SMILES string of the molecule is Cc1sc(C(=O)O)cc1S(=O)(=O)N(C)CC(C)(C)C. The summed E-state index contributed by atoms with van der Waals surface area (Å²) in [4.78, 5) is 11.5. The summed E-state index contributed by atoms with van der Waals surface area (Å²) in [5.41, 5.74) is -0.165. The van der Waals surface area contributed by atoms with Crippen molar-refractivity contribution in [1.29, 1.82) is 0 Å². The second kappa shape index (κ2) is 5.22. The lowest BCUT2D eigenvalue weighted by molar-refractivity contribution is 0.0702. The number of nitrogens with zero attached hydrogens (tertiary/aromatic N) is 1. The second-order valence-corrected chi connectivity index (χ2v) is 8.93. The highest BCUT2D eigenvalue weighted by atomic mass is 32.2. The van der Waals surface area contributed by atoms with Gasteiger partial charge in [0.25, 0.3) is 0 Å². The van der Waals surface area contributed by atoms with Crippen LogP contribution in [0.2, 0.25) is 0 Å². The van der Waals surface area contributed by atoms with Crippen LogP contribution in [0.15, 0.2) is 11.0 Å². The van der Waals surface area contributed by atoms with E-state index in [1.807, 2.05) is 20.8 Å². The minimum absolute atomic E-state index is 0.0419. The topological polar surface area (TPSA) is 74.7 Å². The predicted molar refractivity (Wildman–Crippen MR) is 75.3 cm³/mol. The van der Waals surface area contributed by atoms with Crippen molar-refractivity contribution in [2.24, 2.45) is 5.41 Å². The van der Waals surface area contributed by atoms with E-state index in [9.17, 15) is 13.2 Å². The Morgan fingerprint density at radius 2 is 1.95 bits per heavy atom. The van der Waals surface area contributed by atoms with E-state index in [1.54, 1.807) is 6.92 Å². The Bertz CT molecular complexity index is 581. The Balaban J connectivity index is 3.17. The molecule has 1 rings (SSSR count). The maximum atomic E-state index is 12.4. The fourth-order valence-electron chi connectivity index (χ4n) is 1.75. The Hall–Kier alpha value is -0.920. The molecule has 0 saturated heterocycles. The van der Waals surface area contributed by atoms with Crippen molar-refractivity contribution in [1.82, 2.24) is 4.31 Å². The summed E-state index contributed by atoms with van der Waals surface area (Å²) in [5.74, 6) is -1.10. The molecule has 0 atom stereocenters. The lowest BCUT2D eigenvalue weighted by Crippen LogP contribution is -2.34. The van der Waals surface area contributed by atoms with E-state index < -0.39 is 16.0 Å². The highest BCUT2D eigenvalue weighted by Gasteiger charge is 2.28. The molecule has 7 heteroatoms. The van der Waals surface area contributed by atoms with Crippen LogP contribution in [-0.2, 0) is 10.0 Å². The summed E-state index contributed by atoms with van der Waals surface area (Å²) in [5, 5.41) is 8.92. The summed E-state index contributed by atoms with van der Waals surface area (Å²) in [6, 6.07) is 1.23. The van der Waals surface area contributed by atoms with Crippen LogP contribution < -0.4 is 0 Å². The number of thiophene rings is 1. The van der Waals surface area contributed by atoms with Crippen LogP contribution in [0.4, 0.5) is 0 Å². The number of carboxylic acid groups (broad SMARTS) is 1. The van der Waals surface area contributed by atoms with E-state index in [1.165, 1.54) is 17.4 Å². The Morgan fingerprint density at radius 1 is 1.42 bits per heavy atom. The van der Waals surface area contributed by atoms with Gasteiger partial charge in [0.05, 0.1) is 4.90 Å². The molecule has 0 radical (unpaired) electrons. The van der Waals surface area contributed by atoms with Crippen molar-refractivity contribution >= 4 is 27.3 Å². The number of aromatic carboxylic acids is 1. The number of hydrogen-bond acceptors (Lipinski definition) is 4. The predicted octanol–water partition coefficient (Wildman–Crippen LogP) is 2.42. The van der Waals surface area contributed by atoms with Crippen molar-refractivity contribution in [2.75, 3.05) is 13.6 Å². The first kappa shape index (κ1) is 16.1. The minimum Gasteiger partial charge on any atom is -0.477 e. The average Bonchev–Trinajstić information content (AvgIpc) is 2.58. The van der Waals surface area contributed by atoms with Gasteiger partial charge in [0.15, 0.2) is 0 Å². The Labute approximate surface area is 117 Å². The summed E-state index contributed by atoms with van der Waals surface area (Å²) < 4.78 is 26.1. The van der Waals surface area contributed by atoms with Gasteiger partial charge in [-0.25, -0.2) is 17.5 Å². The fraction of sp³-hybridized carbons (Fsp3) is 0.583. The quantitative estimate of drug-likeness (QED) is 0.927. The van der Waals surface area contributed by atoms with Crippen LogP contribution in [0, 0.1) is 12.3 Å². The van der Waals surface area contributed by atoms with Crippen molar-refractivity contribution in [3.8, 4) is 0 Å². The Kier molecular flexibility index (Phi) is 4.44. The molecule has 1 heterocycles. The zero-order chi connectivity index (χ0) is 15.0. The summed E-state index contributed by atoms with van der Waals surface area (Å²) in [6.45, 7) is 7.83. The van der Waals surface area contributed by atoms with Gasteiger partial charge in [-0.2, -0.15) is 0 Å². The normalized spacial score (nSPS) is 12.9. The number of carboxylic acids is 1. The highest BCUT2D eigenvalue weighted by Crippen LogP contribution is 2.29. The maximum Gasteiger partial charge on any atom is 0.345 e. The summed E-state index contributed by atoms with van der Waals surface area (Å²) >= 11 is 0.979. The molecule has 5 nitrogen and oxygen atoms in total. The molecule has 0 spiro atoms. The summed E-state index contributed by atoms with van der Waals surface area (Å²) in [7, 11) is -2.12. The van der Waals surface area contributed by atoms with E-state index in [4.69, 9.17) is 5.11 Å². The third-order valence-corrected chi connectivity index (χ3v) is 5.57. The molecular formula is C12H19NO4S2. The molecule has 0 aliphatic rings. The zero-order valence-electron chi connectivity index (χ0n) is 11.7. The van der Waals surface area contributed by atoms with Crippen molar-refractivity contribution in [2.45, 2.75) is 32.6 Å². The van der Waals surface area contributed by atoms with E-state index in [0.29, 0.717) is 11.4 Å². The van der Waals surface area contributed by atoms with Crippen molar-refractivity contribution < 1.29 is 18.3 Å². The summed E-state index contributed by atoms with van der Waals surface area (Å²) in [6.07, 6.45) is 0. The lowest BCUT2D eigenvalue weighted by Gasteiger charge is -2.25. The molecule has 0 unspecified atom stereocenters. The maximum absolute atomic E-state index is 12.4. The standard InChI is InChI=1S/C12H19NO4S2/c1-8-10(6-9(18-8)11(14)15)19(16,17)13(5)7-12(2,3)4/h6H,7H2,1-5H3,(H,14,15). The number of sulfonamides is 1. The van der Waals surface area contributed by atoms with Gasteiger partial charge >= 0.3 is 5.97 Å². The van der Waals surface area contributed by atoms with Crippen LogP contribution in [0.25, 0.3) is 0 Å². The van der Waals surface area contributed by atoms with Gasteiger partial charge in [0.1, 0.15) is 4.88 Å². The molecular weight excluding hydrogens is 286 g/mol. The number of hydrogen-bond donors (Lipinski definition) is 1. The van der Waals surface area contributed by atoms with Gasteiger partial charge in [0.2, 0.25) is 10.0 Å². The van der Waals surface area contributed by atoms with Crippen molar-refractivity contribution in [3.05, 3.63) is 15.8 Å². The number of rotatable bonds is 4. The lowest BCUT2D eigenvalue weighted by atomic mass is 9.97. The first-order valence-corrected chi connectivity index (χ1v) is 8.01. The molecule has 0 aliphatic heterocycles. The van der Waals surface area contributed by atoms with E-state index in [0.717, 1.165) is 11.3 Å².